The third kappa shape index (κ3) is 3.32. The first-order valence-corrected chi connectivity index (χ1v) is 9.80. The van der Waals surface area contributed by atoms with E-state index in [9.17, 15) is 0 Å². The van der Waals surface area contributed by atoms with Crippen LogP contribution in [0.1, 0.15) is 29.8 Å². The van der Waals surface area contributed by atoms with Crippen molar-refractivity contribution in [1.29, 1.82) is 0 Å². The molecule has 5 heteroatoms. The van der Waals surface area contributed by atoms with Crippen LogP contribution in [0.25, 0.3) is 11.0 Å². The number of likely N-dealkylation sites (tertiary alicyclic amines) is 1. The lowest BCUT2D eigenvalue weighted by Crippen LogP contribution is -2.33. The Kier molecular flexibility index (Phi) is 5.11. The molecule has 1 aromatic heterocycles. The van der Waals surface area contributed by atoms with Gasteiger partial charge in [0.25, 0.3) is 0 Å². The Bertz CT molecular complexity index is 949. The van der Waals surface area contributed by atoms with E-state index in [1.54, 1.807) is 0 Å². The van der Waals surface area contributed by atoms with E-state index in [1.807, 2.05) is 0 Å². The number of para-hydroxylation sites is 3. The van der Waals surface area contributed by atoms with E-state index in [1.165, 1.54) is 41.7 Å². The molecular weight excluding hydrogens is 356 g/mol. The molecule has 0 aliphatic carbocycles. The Hall–Kier alpha value is -2.04. The van der Waals surface area contributed by atoms with Crippen LogP contribution in [0.5, 0.6) is 0 Å². The number of fused-ring (bicyclic) bond motifs is 2. The van der Waals surface area contributed by atoms with Crippen molar-refractivity contribution in [2.45, 2.75) is 45.3 Å². The van der Waals surface area contributed by atoms with E-state index in [4.69, 9.17) is 4.98 Å². The number of benzene rings is 2. The van der Waals surface area contributed by atoms with Crippen molar-refractivity contribution < 1.29 is 0 Å². The fraction of sp³-hybridized carbons (Fsp3) is 0.409. The highest BCUT2D eigenvalue weighted by molar-refractivity contribution is 5.85. The highest BCUT2D eigenvalue weighted by Gasteiger charge is 2.27. The summed E-state index contributed by atoms with van der Waals surface area (Å²) in [6, 6.07) is 15.9. The van der Waals surface area contributed by atoms with E-state index in [0.29, 0.717) is 6.04 Å². The van der Waals surface area contributed by atoms with E-state index >= 15 is 0 Å². The first-order valence-electron chi connectivity index (χ1n) is 9.80. The van der Waals surface area contributed by atoms with Gasteiger partial charge in [-0.1, -0.05) is 30.3 Å². The van der Waals surface area contributed by atoms with Crippen LogP contribution >= 0.6 is 12.4 Å². The van der Waals surface area contributed by atoms with Gasteiger partial charge in [0.15, 0.2) is 0 Å². The highest BCUT2D eigenvalue weighted by atomic mass is 35.5. The van der Waals surface area contributed by atoms with Gasteiger partial charge in [-0.05, 0) is 56.0 Å². The first kappa shape index (κ1) is 18.3. The number of imidazole rings is 1. The zero-order valence-electron chi connectivity index (χ0n) is 15.8. The third-order valence-electron chi connectivity index (χ3n) is 6.04. The largest absolute Gasteiger partial charge is 0.384 e. The summed E-state index contributed by atoms with van der Waals surface area (Å²) in [6.45, 7) is 6.49. The molecule has 0 bridgehead atoms. The minimum atomic E-state index is 0. The van der Waals surface area contributed by atoms with Gasteiger partial charge in [-0.3, -0.25) is 4.90 Å². The van der Waals surface area contributed by atoms with Gasteiger partial charge < -0.3 is 9.88 Å². The van der Waals surface area contributed by atoms with Crippen molar-refractivity contribution in [2.24, 2.45) is 0 Å². The minimum Gasteiger partial charge on any atom is -0.384 e. The number of aromatic nitrogens is 2. The number of rotatable bonds is 4. The summed E-state index contributed by atoms with van der Waals surface area (Å²) >= 11 is 0. The number of halogens is 1. The molecule has 1 N–H and O–H groups in total. The van der Waals surface area contributed by atoms with Gasteiger partial charge in [-0.2, -0.15) is 0 Å². The van der Waals surface area contributed by atoms with Gasteiger partial charge in [0.2, 0.25) is 0 Å². The lowest BCUT2D eigenvalue weighted by molar-refractivity contribution is 0.225. The van der Waals surface area contributed by atoms with Crippen LogP contribution in [0.2, 0.25) is 0 Å². The zero-order valence-corrected chi connectivity index (χ0v) is 16.6. The number of hydrogen-bond donors (Lipinski definition) is 1. The molecule has 2 aliphatic rings. The molecule has 2 aromatic carbocycles. The second kappa shape index (κ2) is 7.53. The maximum atomic E-state index is 4.75. The SMILES string of the molecule is Cc1nc2ccccc2n1CC1CCCN1Cc1cccc2c1NCC2.Cl. The smallest absolute Gasteiger partial charge is 0.106 e. The Balaban J connectivity index is 0.00000180. The van der Waals surface area contributed by atoms with Crippen molar-refractivity contribution in [3.05, 3.63) is 59.4 Å². The van der Waals surface area contributed by atoms with Crippen LogP contribution in [-0.4, -0.2) is 33.6 Å². The molecule has 1 atom stereocenters. The molecule has 142 valence electrons. The molecule has 0 radical (unpaired) electrons. The Morgan fingerprint density at radius 2 is 2.04 bits per heavy atom. The summed E-state index contributed by atoms with van der Waals surface area (Å²) < 4.78 is 2.41. The molecule has 4 nitrogen and oxygen atoms in total. The van der Waals surface area contributed by atoms with Gasteiger partial charge in [0, 0.05) is 31.4 Å². The van der Waals surface area contributed by atoms with Gasteiger partial charge in [0.1, 0.15) is 5.82 Å². The summed E-state index contributed by atoms with van der Waals surface area (Å²) in [7, 11) is 0. The topological polar surface area (TPSA) is 33.1 Å². The summed E-state index contributed by atoms with van der Waals surface area (Å²) in [5.74, 6) is 1.13. The van der Waals surface area contributed by atoms with Crippen molar-refractivity contribution in [3.8, 4) is 0 Å². The maximum Gasteiger partial charge on any atom is 0.106 e. The first-order chi connectivity index (χ1) is 12.8. The fourth-order valence-corrected chi connectivity index (χ4v) is 4.71. The molecule has 0 spiro atoms. The average Bonchev–Trinajstić information content (AvgIpc) is 3.36. The van der Waals surface area contributed by atoms with Crippen LogP contribution in [0, 0.1) is 6.92 Å². The number of aryl methyl sites for hydroxylation is 1. The predicted octanol–water partition coefficient (Wildman–Crippen LogP) is 4.40. The number of nitrogens with one attached hydrogen (secondary N) is 1. The summed E-state index contributed by atoms with van der Waals surface area (Å²) in [6.07, 6.45) is 3.72. The van der Waals surface area contributed by atoms with Gasteiger partial charge >= 0.3 is 0 Å². The molecule has 0 amide bonds. The number of hydrogen-bond acceptors (Lipinski definition) is 3. The van der Waals surface area contributed by atoms with Crippen LogP contribution < -0.4 is 5.32 Å². The second-order valence-electron chi connectivity index (χ2n) is 7.65. The van der Waals surface area contributed by atoms with Crippen LogP contribution in [0.3, 0.4) is 0 Å². The molecule has 5 rings (SSSR count). The molecular formula is C22H27ClN4. The standard InChI is InChI=1S/C22H26N4.ClH/c1-16-24-20-9-2-3-10-21(20)26(16)15-19-8-5-13-25(19)14-18-7-4-6-17-11-12-23-22(17)18;/h2-4,6-7,9-10,19,23H,5,8,11-15H2,1H3;1H. The molecule has 3 heterocycles. The van der Waals surface area contributed by atoms with Crippen molar-refractivity contribution >= 4 is 29.1 Å². The molecule has 1 saturated heterocycles. The van der Waals surface area contributed by atoms with E-state index in [-0.39, 0.29) is 12.4 Å². The zero-order chi connectivity index (χ0) is 17.5. The Labute approximate surface area is 167 Å². The monoisotopic (exact) mass is 382 g/mol. The van der Waals surface area contributed by atoms with Crippen molar-refractivity contribution in [1.82, 2.24) is 14.5 Å². The summed E-state index contributed by atoms with van der Waals surface area (Å²) in [5.41, 5.74) is 6.70. The Morgan fingerprint density at radius 3 is 2.96 bits per heavy atom. The third-order valence-corrected chi connectivity index (χ3v) is 6.04. The van der Waals surface area contributed by atoms with Crippen LogP contribution in [-0.2, 0) is 19.5 Å². The quantitative estimate of drug-likeness (QED) is 0.726. The van der Waals surface area contributed by atoms with E-state index in [2.05, 4.69) is 64.2 Å². The lowest BCUT2D eigenvalue weighted by Gasteiger charge is -2.26. The number of nitrogens with zero attached hydrogens (tertiary/aromatic N) is 3. The average molecular weight is 383 g/mol. The number of anilines is 1. The molecule has 3 aromatic rings. The summed E-state index contributed by atoms with van der Waals surface area (Å²) in [5, 5.41) is 3.59. The van der Waals surface area contributed by atoms with E-state index in [0.717, 1.165) is 37.4 Å². The van der Waals surface area contributed by atoms with Crippen LogP contribution in [0.4, 0.5) is 5.69 Å². The van der Waals surface area contributed by atoms with Gasteiger partial charge in [0.05, 0.1) is 11.0 Å². The molecule has 0 saturated carbocycles. The molecule has 27 heavy (non-hydrogen) atoms. The van der Waals surface area contributed by atoms with Crippen molar-refractivity contribution in [3.63, 3.8) is 0 Å². The lowest BCUT2D eigenvalue weighted by atomic mass is 10.1. The summed E-state index contributed by atoms with van der Waals surface area (Å²) in [4.78, 5) is 7.42. The predicted molar refractivity (Wildman–Crippen MR) is 114 cm³/mol. The molecule has 1 unspecified atom stereocenters. The molecule has 2 aliphatic heterocycles. The Morgan fingerprint density at radius 1 is 1.15 bits per heavy atom. The van der Waals surface area contributed by atoms with Gasteiger partial charge in [-0.25, -0.2) is 4.98 Å². The van der Waals surface area contributed by atoms with Crippen LogP contribution in [0.15, 0.2) is 42.5 Å². The molecule has 1 fully saturated rings. The second-order valence-corrected chi connectivity index (χ2v) is 7.65. The fourth-order valence-electron chi connectivity index (χ4n) is 4.71. The van der Waals surface area contributed by atoms with Gasteiger partial charge in [-0.15, -0.1) is 12.4 Å². The van der Waals surface area contributed by atoms with Crippen molar-refractivity contribution in [2.75, 3.05) is 18.4 Å². The maximum absolute atomic E-state index is 4.75. The highest BCUT2D eigenvalue weighted by Crippen LogP contribution is 2.30. The normalized spacial score (nSPS) is 19.1. The van der Waals surface area contributed by atoms with E-state index < -0.39 is 0 Å². The minimum absolute atomic E-state index is 0.